The minimum absolute atomic E-state index is 0. The van der Waals surface area contributed by atoms with Crippen LogP contribution in [0.5, 0.6) is 0 Å². The van der Waals surface area contributed by atoms with Gasteiger partial charge in [0.05, 0.1) is 5.75 Å². The summed E-state index contributed by atoms with van der Waals surface area (Å²) >= 11 is 0. The fraction of sp³-hybridized carbons (Fsp3) is 0.933. The zero-order chi connectivity index (χ0) is 16.0. The molecule has 0 aromatic heterocycles. The Morgan fingerprint density at radius 1 is 1.30 bits per heavy atom. The van der Waals surface area contributed by atoms with E-state index in [2.05, 4.69) is 10.6 Å². The number of hydrogen-bond acceptors (Lipinski definition) is 4. The van der Waals surface area contributed by atoms with E-state index in [4.69, 9.17) is 0 Å². The Morgan fingerprint density at radius 2 is 2.09 bits per heavy atom. The number of halogens is 1. The molecular formula is C15H30ClN3O3S. The number of rotatable bonds is 7. The largest absolute Gasteiger partial charge is 0.354 e. The van der Waals surface area contributed by atoms with Crippen LogP contribution in [0.3, 0.4) is 0 Å². The lowest BCUT2D eigenvalue weighted by atomic mass is 9.99. The lowest BCUT2D eigenvalue weighted by Crippen LogP contribution is -2.48. The van der Waals surface area contributed by atoms with Gasteiger partial charge in [-0.05, 0) is 51.1 Å². The first-order chi connectivity index (χ1) is 10.5. The van der Waals surface area contributed by atoms with Crippen molar-refractivity contribution < 1.29 is 13.2 Å². The third-order valence-corrected chi connectivity index (χ3v) is 6.54. The standard InChI is InChI=1S/C15H29N3O3S.ClH/c1-2-3-10-22(20,21)18-9-5-7-14(18)15(19)17-12-13-6-4-8-16-11-13;/h13-14,16H,2-12H2,1H3,(H,17,19);1H. The molecule has 0 spiro atoms. The van der Waals surface area contributed by atoms with Crippen LogP contribution < -0.4 is 10.6 Å². The van der Waals surface area contributed by atoms with Gasteiger partial charge in [0.2, 0.25) is 15.9 Å². The molecule has 0 bridgehead atoms. The van der Waals surface area contributed by atoms with E-state index in [0.717, 1.165) is 38.8 Å². The lowest BCUT2D eigenvalue weighted by Gasteiger charge is -2.26. The summed E-state index contributed by atoms with van der Waals surface area (Å²) < 4.78 is 26.1. The molecule has 2 aliphatic heterocycles. The Labute approximate surface area is 146 Å². The number of piperidine rings is 1. The SMILES string of the molecule is CCCCS(=O)(=O)N1CCCC1C(=O)NCC1CCCNC1.Cl. The summed E-state index contributed by atoms with van der Waals surface area (Å²) in [5.74, 6) is 0.493. The summed E-state index contributed by atoms with van der Waals surface area (Å²) in [5.41, 5.74) is 0. The molecule has 23 heavy (non-hydrogen) atoms. The minimum Gasteiger partial charge on any atom is -0.354 e. The third kappa shape index (κ3) is 5.89. The number of carbonyl (C=O) groups is 1. The highest BCUT2D eigenvalue weighted by atomic mass is 35.5. The Balaban J connectivity index is 0.00000264. The molecule has 2 atom stereocenters. The van der Waals surface area contributed by atoms with Crippen LogP contribution in [0.25, 0.3) is 0 Å². The third-order valence-electron chi connectivity index (χ3n) is 4.58. The number of nitrogens with zero attached hydrogens (tertiary/aromatic N) is 1. The highest BCUT2D eigenvalue weighted by Gasteiger charge is 2.38. The number of hydrogen-bond donors (Lipinski definition) is 2. The van der Waals surface area contributed by atoms with E-state index in [-0.39, 0.29) is 24.1 Å². The van der Waals surface area contributed by atoms with Gasteiger partial charge < -0.3 is 10.6 Å². The number of amides is 1. The predicted molar refractivity (Wildman–Crippen MR) is 94.3 cm³/mol. The summed E-state index contributed by atoms with van der Waals surface area (Å²) in [6.45, 7) is 5.09. The maximum atomic E-state index is 12.4. The van der Waals surface area contributed by atoms with Gasteiger partial charge in [-0.3, -0.25) is 4.79 Å². The number of nitrogens with one attached hydrogen (secondary N) is 2. The zero-order valence-electron chi connectivity index (χ0n) is 13.9. The molecule has 0 aromatic rings. The van der Waals surface area contributed by atoms with E-state index in [1.54, 1.807) is 0 Å². The molecule has 2 unspecified atom stereocenters. The van der Waals surface area contributed by atoms with Gasteiger partial charge in [-0.25, -0.2) is 8.42 Å². The van der Waals surface area contributed by atoms with Crippen molar-refractivity contribution in [2.75, 3.05) is 31.9 Å². The molecule has 0 aromatic carbocycles. The predicted octanol–water partition coefficient (Wildman–Crippen LogP) is 1.12. The fourth-order valence-electron chi connectivity index (χ4n) is 3.24. The quantitative estimate of drug-likeness (QED) is 0.706. The van der Waals surface area contributed by atoms with Gasteiger partial charge in [0, 0.05) is 13.1 Å². The topological polar surface area (TPSA) is 78.5 Å². The van der Waals surface area contributed by atoms with E-state index in [1.807, 2.05) is 6.92 Å². The van der Waals surface area contributed by atoms with Crippen molar-refractivity contribution >= 4 is 28.3 Å². The van der Waals surface area contributed by atoms with E-state index in [9.17, 15) is 13.2 Å². The van der Waals surface area contributed by atoms with Gasteiger partial charge in [0.15, 0.2) is 0 Å². The van der Waals surface area contributed by atoms with Crippen LogP contribution in [0.1, 0.15) is 45.4 Å². The highest BCUT2D eigenvalue weighted by molar-refractivity contribution is 7.89. The molecule has 136 valence electrons. The van der Waals surface area contributed by atoms with Crippen LogP contribution in [0, 0.1) is 5.92 Å². The second kappa shape index (κ2) is 9.81. The first-order valence-corrected chi connectivity index (χ1v) is 10.1. The van der Waals surface area contributed by atoms with Crippen LogP contribution in [-0.2, 0) is 14.8 Å². The summed E-state index contributed by atoms with van der Waals surface area (Å²) in [6, 6.07) is -0.501. The molecule has 0 saturated carbocycles. The van der Waals surface area contributed by atoms with E-state index in [0.29, 0.717) is 31.8 Å². The zero-order valence-corrected chi connectivity index (χ0v) is 15.6. The molecule has 2 rings (SSSR count). The molecule has 2 saturated heterocycles. The molecule has 0 aliphatic carbocycles. The average molecular weight is 368 g/mol. The fourth-order valence-corrected chi connectivity index (χ4v) is 5.12. The van der Waals surface area contributed by atoms with Crippen molar-refractivity contribution in [3.05, 3.63) is 0 Å². The van der Waals surface area contributed by atoms with Crippen molar-refractivity contribution in [1.29, 1.82) is 0 Å². The summed E-state index contributed by atoms with van der Waals surface area (Å²) in [6.07, 6.45) is 5.17. The van der Waals surface area contributed by atoms with Gasteiger partial charge in [-0.2, -0.15) is 4.31 Å². The Morgan fingerprint density at radius 3 is 2.74 bits per heavy atom. The molecule has 6 nitrogen and oxygen atoms in total. The van der Waals surface area contributed by atoms with Gasteiger partial charge in [-0.1, -0.05) is 13.3 Å². The van der Waals surface area contributed by atoms with Crippen molar-refractivity contribution in [3.8, 4) is 0 Å². The molecule has 2 aliphatic rings. The van der Waals surface area contributed by atoms with Crippen LogP contribution in [0.4, 0.5) is 0 Å². The van der Waals surface area contributed by atoms with Crippen LogP contribution in [0.2, 0.25) is 0 Å². The Hall–Kier alpha value is -0.370. The molecule has 2 N–H and O–H groups in total. The smallest absolute Gasteiger partial charge is 0.238 e. The number of sulfonamides is 1. The van der Waals surface area contributed by atoms with Crippen molar-refractivity contribution in [3.63, 3.8) is 0 Å². The monoisotopic (exact) mass is 367 g/mol. The second-order valence-electron chi connectivity index (χ2n) is 6.40. The number of carbonyl (C=O) groups excluding carboxylic acids is 1. The van der Waals surface area contributed by atoms with Crippen molar-refractivity contribution in [2.45, 2.75) is 51.5 Å². The van der Waals surface area contributed by atoms with E-state index < -0.39 is 16.1 Å². The minimum atomic E-state index is -3.30. The maximum absolute atomic E-state index is 12.4. The van der Waals surface area contributed by atoms with Crippen LogP contribution >= 0.6 is 12.4 Å². The Kier molecular flexibility index (Phi) is 8.82. The Bertz CT molecular complexity index is 467. The van der Waals surface area contributed by atoms with Gasteiger partial charge in [0.25, 0.3) is 0 Å². The highest BCUT2D eigenvalue weighted by Crippen LogP contribution is 2.22. The van der Waals surface area contributed by atoms with E-state index >= 15 is 0 Å². The molecular weight excluding hydrogens is 338 g/mol. The van der Waals surface area contributed by atoms with Gasteiger partial charge in [0.1, 0.15) is 6.04 Å². The first-order valence-electron chi connectivity index (χ1n) is 8.52. The molecule has 0 radical (unpaired) electrons. The second-order valence-corrected chi connectivity index (χ2v) is 8.44. The van der Waals surface area contributed by atoms with Crippen molar-refractivity contribution in [2.24, 2.45) is 5.92 Å². The summed E-state index contributed by atoms with van der Waals surface area (Å²) in [7, 11) is -3.30. The van der Waals surface area contributed by atoms with Crippen LogP contribution in [-0.4, -0.2) is 56.6 Å². The van der Waals surface area contributed by atoms with Crippen LogP contribution in [0.15, 0.2) is 0 Å². The molecule has 1 amide bonds. The summed E-state index contributed by atoms with van der Waals surface area (Å²) in [4.78, 5) is 12.4. The normalized spacial score (nSPS) is 25.8. The average Bonchev–Trinajstić information content (AvgIpc) is 3.02. The number of unbranched alkanes of at least 4 members (excludes halogenated alkanes) is 1. The molecule has 2 fully saturated rings. The van der Waals surface area contributed by atoms with E-state index in [1.165, 1.54) is 4.31 Å². The molecule has 2 heterocycles. The lowest BCUT2D eigenvalue weighted by molar-refractivity contribution is -0.124. The van der Waals surface area contributed by atoms with Gasteiger partial charge >= 0.3 is 0 Å². The maximum Gasteiger partial charge on any atom is 0.238 e. The first kappa shape index (κ1) is 20.7. The van der Waals surface area contributed by atoms with Gasteiger partial charge in [-0.15, -0.1) is 12.4 Å². The molecule has 8 heteroatoms. The van der Waals surface area contributed by atoms with Crippen molar-refractivity contribution in [1.82, 2.24) is 14.9 Å². The summed E-state index contributed by atoms with van der Waals surface area (Å²) in [5, 5.41) is 6.29.